The van der Waals surface area contributed by atoms with Gasteiger partial charge in [0.1, 0.15) is 54.1 Å². The van der Waals surface area contributed by atoms with Gasteiger partial charge in [0.05, 0.1) is 12.9 Å². The number of urea groups is 1. The van der Waals surface area contributed by atoms with Crippen LogP contribution >= 0.6 is 0 Å². The van der Waals surface area contributed by atoms with Crippen LogP contribution in [0.1, 0.15) is 87.6 Å². The number of aliphatic imine (C=N–C) groups is 1. The van der Waals surface area contributed by atoms with Crippen molar-refractivity contribution in [2.24, 2.45) is 28.1 Å². The summed E-state index contributed by atoms with van der Waals surface area (Å²) in [6.07, 6.45) is 5.00. The van der Waals surface area contributed by atoms with Crippen molar-refractivity contribution in [2.75, 3.05) is 19.7 Å². The van der Waals surface area contributed by atoms with Gasteiger partial charge in [-0.2, -0.15) is 0 Å². The minimum Gasteiger partial charge on any atom is -0.508 e. The van der Waals surface area contributed by atoms with Gasteiger partial charge in [-0.05, 0) is 90.1 Å². The van der Waals surface area contributed by atoms with Crippen molar-refractivity contribution in [1.82, 2.24) is 73.2 Å². The molecule has 0 radical (unpaired) electrons. The zero-order valence-corrected chi connectivity index (χ0v) is 53.7. The Hall–Kier alpha value is -11.1. The molecule has 9 atom stereocenters. The molecule has 97 heavy (non-hydrogen) atoms. The molecule has 0 saturated carbocycles. The van der Waals surface area contributed by atoms with E-state index >= 15 is 9.59 Å². The summed E-state index contributed by atoms with van der Waals surface area (Å²) < 4.78 is 0. The summed E-state index contributed by atoms with van der Waals surface area (Å²) >= 11 is 0. The molecule has 4 heterocycles. The molecule has 20 N–H and O–H groups in total. The predicted molar refractivity (Wildman–Crippen MR) is 355 cm³/mol. The molecule has 6 aromatic rings. The molecule has 12 amide bonds. The van der Waals surface area contributed by atoms with Crippen LogP contribution < -0.4 is 70.6 Å². The Bertz CT molecular complexity index is 3820. The molecule has 8 rings (SSSR count). The maximum atomic E-state index is 15.1. The van der Waals surface area contributed by atoms with Crippen LogP contribution in [0.3, 0.4) is 0 Å². The molecule has 4 aromatic carbocycles. The van der Waals surface area contributed by atoms with Gasteiger partial charge in [0, 0.05) is 86.6 Å². The van der Waals surface area contributed by atoms with Crippen LogP contribution in [0.25, 0.3) is 21.7 Å². The van der Waals surface area contributed by atoms with E-state index in [0.717, 1.165) is 10.8 Å². The number of nitrogens with zero attached hydrogens (tertiary/aromatic N) is 3. The highest BCUT2D eigenvalue weighted by molar-refractivity contribution is 5.99. The average Bonchev–Trinajstić information content (AvgIpc) is 1.64. The van der Waals surface area contributed by atoms with Crippen molar-refractivity contribution in [3.05, 3.63) is 132 Å². The van der Waals surface area contributed by atoms with Gasteiger partial charge in [0.15, 0.2) is 5.96 Å². The highest BCUT2D eigenvalue weighted by atomic mass is 16.3. The fraction of sp³-hybridized carbons (Fsp3) is 0.409. The molecule has 31 nitrogen and oxygen atoms in total. The van der Waals surface area contributed by atoms with Crippen molar-refractivity contribution >= 4 is 92.7 Å². The fourth-order valence-electron chi connectivity index (χ4n) is 11.7. The van der Waals surface area contributed by atoms with E-state index < -0.39 is 120 Å². The Labute approximate surface area is 557 Å². The molecule has 0 unspecified atom stereocenters. The number of hydrazine groups is 1. The number of guanidine groups is 1. The largest absolute Gasteiger partial charge is 0.508 e. The number of aromatic hydroxyl groups is 1. The fourth-order valence-corrected chi connectivity index (χ4v) is 11.7. The number of nitrogens with one attached hydrogen (secondary N) is 12. The summed E-state index contributed by atoms with van der Waals surface area (Å²) in [5, 5.41) is 45.3. The minimum absolute atomic E-state index is 0.0634. The quantitative estimate of drug-likeness (QED) is 0.0103. The molecule has 2 saturated heterocycles. The molecule has 0 spiro atoms. The number of hydrogen-bond acceptors (Lipinski definition) is 15. The number of amides is 12. The predicted octanol–water partition coefficient (Wildman–Crippen LogP) is -1.13. The third-order valence-electron chi connectivity index (χ3n) is 16.7. The van der Waals surface area contributed by atoms with E-state index in [4.69, 9.17) is 17.2 Å². The van der Waals surface area contributed by atoms with Gasteiger partial charge in [0.2, 0.25) is 53.2 Å². The van der Waals surface area contributed by atoms with E-state index in [-0.39, 0.29) is 101 Å². The summed E-state index contributed by atoms with van der Waals surface area (Å²) in [6, 6.07) is 13.1. The number of likely N-dealkylation sites (tertiary alicyclic amines) is 1. The molecule has 0 aliphatic carbocycles. The number of H-pyrrole nitrogens is 2. The van der Waals surface area contributed by atoms with Gasteiger partial charge < -0.3 is 84.8 Å². The van der Waals surface area contributed by atoms with Crippen LogP contribution in [-0.2, 0) is 73.6 Å². The molecule has 0 bridgehead atoms. The topological polar surface area (TPSA) is 487 Å². The summed E-state index contributed by atoms with van der Waals surface area (Å²) in [5.74, 6) is -7.95. The third-order valence-corrected chi connectivity index (χ3v) is 16.7. The number of benzene rings is 4. The number of fused-ring (bicyclic) bond motifs is 2. The van der Waals surface area contributed by atoms with Crippen molar-refractivity contribution < 1.29 is 63.0 Å². The number of carbonyl (C=O) groups excluding carboxylic acids is 11. The number of aliphatic hydroxyl groups is 1. The lowest BCUT2D eigenvalue weighted by atomic mass is 9.98. The number of carbonyl (C=O) groups is 11. The second-order valence-corrected chi connectivity index (χ2v) is 24.5. The zero-order valence-electron chi connectivity index (χ0n) is 53.7. The van der Waals surface area contributed by atoms with Crippen molar-refractivity contribution in [3.8, 4) is 5.75 Å². The van der Waals surface area contributed by atoms with Crippen molar-refractivity contribution in [1.29, 1.82) is 0 Å². The smallest absolute Gasteiger partial charge is 0.330 e. The molecule has 2 fully saturated rings. The van der Waals surface area contributed by atoms with Gasteiger partial charge in [-0.3, -0.25) is 58.4 Å². The summed E-state index contributed by atoms with van der Waals surface area (Å²) in [7, 11) is 0. The number of phenolic OH excluding ortho intramolecular Hbond substituents is 1. The summed E-state index contributed by atoms with van der Waals surface area (Å²) in [4.78, 5) is 168. The standard InChI is InChI=1S/C66H84N18O13/c1-36(2)25-48(58(90)74-42(11-7-23-71-65(67)68)31-56(88)84-24-8-14-54(84)64(96)82-83-66(69)97)76-60(92)50(28-38-15-18-39-9-3-4-10-40(39)26-38)77-59(91)49(27-37-16-19-44(86)20-17-37)78-63(95)53(34-85)81-61(93)51(29-41-32-72-46-13-6-5-12-45(41)46)79-62(94)52(30-43-33-70-35-73-43)80-57(89)47-21-22-55(87)75-47/h3-6,9-10,12-13,15-20,26,32-33,35-36,42,47-54,72,85-86H,7-8,11,14,21-25,27-31,34H2,1-2H3,(H,70,73)(H,74,90)(H,75,87)(H,76,92)(H,77,91)(H,78,95)(H,79,94)(H,80,89)(H,81,93)(H,82,96)(H4,67,68,71)(H3,69,83,97)/t42-,47-,48-,49-,50+,51-,52-,53-,54-/m0/s1. The monoisotopic (exact) mass is 1340 g/mol. The van der Waals surface area contributed by atoms with Crippen LogP contribution in [0.4, 0.5) is 4.79 Å². The molecule has 2 aromatic heterocycles. The molecule has 2 aliphatic heterocycles. The van der Waals surface area contributed by atoms with Gasteiger partial charge >= 0.3 is 6.03 Å². The molecule has 2 aliphatic rings. The number of rotatable bonds is 32. The number of phenols is 1. The van der Waals surface area contributed by atoms with Gasteiger partial charge in [-0.15, -0.1) is 0 Å². The Morgan fingerprint density at radius 2 is 1.27 bits per heavy atom. The van der Waals surface area contributed by atoms with Gasteiger partial charge in [0.25, 0.3) is 5.91 Å². The molecule has 31 heteroatoms. The third kappa shape index (κ3) is 20.9. The second kappa shape index (κ2) is 34.3. The number of aromatic amines is 2. The lowest BCUT2D eigenvalue weighted by Gasteiger charge is -2.29. The maximum absolute atomic E-state index is 15.1. The van der Waals surface area contributed by atoms with E-state index in [1.54, 1.807) is 36.5 Å². The first-order valence-corrected chi connectivity index (χ1v) is 32.0. The highest BCUT2D eigenvalue weighted by Crippen LogP contribution is 2.23. The number of imidazole rings is 1. The average molecular weight is 1340 g/mol. The number of aromatic nitrogens is 3. The highest BCUT2D eigenvalue weighted by Gasteiger charge is 2.39. The number of hydrogen-bond donors (Lipinski definition) is 17. The number of aliphatic hydroxyl groups excluding tert-OH is 1. The first kappa shape index (κ1) is 71.7. The summed E-state index contributed by atoms with van der Waals surface area (Å²) in [5.41, 5.74) is 23.3. The SMILES string of the molecule is CC(C)C[C@H](NC(=O)[C@@H](Cc1ccc2ccccc2c1)NC(=O)[C@H](Cc1ccc(O)cc1)NC(=O)[C@H](CO)NC(=O)[C@H](Cc1c[nH]c2ccccc12)NC(=O)[C@H](Cc1cnc[nH]1)NC(=O)[C@@H]1CCC(=O)N1)C(=O)N[C@@H](CCCN=C(N)N)CC(=O)N1CCC[C@H]1C(=O)NNC(N)=O. The van der Waals surface area contributed by atoms with Crippen LogP contribution in [0.5, 0.6) is 5.75 Å². The van der Waals surface area contributed by atoms with E-state index in [1.807, 2.05) is 55.7 Å². The summed E-state index contributed by atoms with van der Waals surface area (Å²) in [6.45, 7) is 2.95. The van der Waals surface area contributed by atoms with E-state index in [9.17, 15) is 53.4 Å². The lowest BCUT2D eigenvalue weighted by molar-refractivity contribution is -0.139. The molecular weight excluding hydrogens is 1250 g/mol. The first-order valence-electron chi connectivity index (χ1n) is 32.0. The van der Waals surface area contributed by atoms with E-state index in [1.165, 1.54) is 41.7 Å². The molecule has 516 valence electrons. The van der Waals surface area contributed by atoms with Crippen LogP contribution in [0.2, 0.25) is 0 Å². The Morgan fingerprint density at radius 3 is 1.91 bits per heavy atom. The van der Waals surface area contributed by atoms with Crippen LogP contribution in [0, 0.1) is 5.92 Å². The van der Waals surface area contributed by atoms with Crippen molar-refractivity contribution in [3.63, 3.8) is 0 Å². The first-order chi connectivity index (χ1) is 46.5. The number of nitrogens with two attached hydrogens (primary N) is 3. The maximum Gasteiger partial charge on any atom is 0.330 e. The zero-order chi connectivity index (χ0) is 69.7. The van der Waals surface area contributed by atoms with Gasteiger partial charge in [-0.1, -0.05) is 86.6 Å². The second-order valence-electron chi connectivity index (χ2n) is 24.5. The number of primary amides is 1. The molecular formula is C66H84N18O13. The van der Waals surface area contributed by atoms with Gasteiger partial charge in [-0.25, -0.2) is 15.2 Å². The van der Waals surface area contributed by atoms with E-state index in [2.05, 4.69) is 67.9 Å². The lowest BCUT2D eigenvalue weighted by Crippen LogP contribution is -2.61. The normalized spacial score (nSPS) is 16.5. The van der Waals surface area contributed by atoms with Crippen LogP contribution in [-0.4, -0.2) is 175 Å². The van der Waals surface area contributed by atoms with Crippen LogP contribution in [0.15, 0.2) is 115 Å². The van der Waals surface area contributed by atoms with Crippen molar-refractivity contribution in [2.45, 2.75) is 145 Å². The Morgan fingerprint density at radius 1 is 0.660 bits per heavy atom. The minimum atomic E-state index is -1.80. The number of para-hydroxylation sites is 1. The van der Waals surface area contributed by atoms with E-state index in [0.29, 0.717) is 46.1 Å². The Kier molecular flexibility index (Phi) is 25.4. The Balaban J connectivity index is 1.05.